The highest BCUT2D eigenvalue weighted by atomic mass is 15.2. The van der Waals surface area contributed by atoms with Gasteiger partial charge in [0.05, 0.1) is 5.69 Å². The van der Waals surface area contributed by atoms with Crippen LogP contribution in [0.5, 0.6) is 0 Å². The molecule has 1 aliphatic rings. The molecule has 1 saturated carbocycles. The molecule has 1 unspecified atom stereocenters. The monoisotopic (exact) mass is 269 g/mol. The van der Waals surface area contributed by atoms with Crippen LogP contribution in [-0.2, 0) is 12.8 Å². The number of anilines is 1. The normalized spacial score (nSPS) is 16.3. The van der Waals surface area contributed by atoms with Crippen LogP contribution in [0.15, 0.2) is 30.3 Å². The molecular formula is C17H23N3. The quantitative estimate of drug-likeness (QED) is 0.899. The average molecular weight is 269 g/mol. The second-order valence-corrected chi connectivity index (χ2v) is 5.83. The van der Waals surface area contributed by atoms with Crippen LogP contribution in [0.2, 0.25) is 0 Å². The van der Waals surface area contributed by atoms with Gasteiger partial charge in [-0.1, -0.05) is 44.2 Å². The Morgan fingerprint density at radius 3 is 2.60 bits per heavy atom. The Labute approximate surface area is 120 Å². The van der Waals surface area contributed by atoms with E-state index in [0.717, 1.165) is 30.2 Å². The Morgan fingerprint density at radius 1 is 1.30 bits per heavy atom. The number of benzene rings is 1. The van der Waals surface area contributed by atoms with Crippen molar-refractivity contribution in [2.45, 2.75) is 51.5 Å². The first-order chi connectivity index (χ1) is 9.70. The fourth-order valence-corrected chi connectivity index (χ4v) is 2.87. The minimum atomic E-state index is 0.450. The molecule has 1 aromatic heterocycles. The van der Waals surface area contributed by atoms with Crippen molar-refractivity contribution in [3.63, 3.8) is 0 Å². The largest absolute Gasteiger partial charge is 0.384 e. The predicted octanol–water partition coefficient (Wildman–Crippen LogP) is 3.71. The summed E-state index contributed by atoms with van der Waals surface area (Å²) in [6, 6.07) is 11.2. The molecule has 1 heterocycles. The molecule has 3 nitrogen and oxygen atoms in total. The van der Waals surface area contributed by atoms with E-state index in [0.29, 0.717) is 12.0 Å². The van der Waals surface area contributed by atoms with Crippen molar-refractivity contribution in [2.24, 2.45) is 0 Å². The second-order valence-electron chi connectivity index (χ2n) is 5.83. The molecule has 0 radical (unpaired) electrons. The molecule has 106 valence electrons. The highest BCUT2D eigenvalue weighted by Gasteiger charge is 2.29. The molecule has 0 aliphatic heterocycles. The first kappa shape index (κ1) is 13.2. The van der Waals surface area contributed by atoms with Crippen molar-refractivity contribution in [2.75, 3.05) is 5.73 Å². The van der Waals surface area contributed by atoms with E-state index in [1.165, 1.54) is 18.4 Å². The van der Waals surface area contributed by atoms with Crippen LogP contribution in [0.3, 0.4) is 0 Å². The number of rotatable bonds is 5. The lowest BCUT2D eigenvalue weighted by molar-refractivity contribution is 0.696. The lowest BCUT2D eigenvalue weighted by Crippen LogP contribution is -2.06. The highest BCUT2D eigenvalue weighted by Crippen LogP contribution is 2.39. The Kier molecular flexibility index (Phi) is 3.51. The summed E-state index contributed by atoms with van der Waals surface area (Å²) in [5.74, 6) is 2.50. The molecule has 0 saturated heterocycles. The van der Waals surface area contributed by atoms with E-state index in [2.05, 4.69) is 48.7 Å². The summed E-state index contributed by atoms with van der Waals surface area (Å²) in [6.07, 6.45) is 4.38. The molecule has 20 heavy (non-hydrogen) atoms. The number of nitrogens with two attached hydrogens (primary N) is 1. The molecule has 0 amide bonds. The van der Waals surface area contributed by atoms with Gasteiger partial charge in [-0.2, -0.15) is 0 Å². The fourth-order valence-electron chi connectivity index (χ4n) is 2.87. The van der Waals surface area contributed by atoms with E-state index in [1.807, 2.05) is 0 Å². The van der Waals surface area contributed by atoms with Gasteiger partial charge in [-0.15, -0.1) is 0 Å². The van der Waals surface area contributed by atoms with Gasteiger partial charge in [-0.25, -0.2) is 4.98 Å². The summed E-state index contributed by atoms with van der Waals surface area (Å²) in [6.45, 7) is 4.40. The molecule has 0 bridgehead atoms. The molecule has 3 rings (SSSR count). The Morgan fingerprint density at radius 2 is 2.00 bits per heavy atom. The zero-order valence-electron chi connectivity index (χ0n) is 12.3. The molecule has 2 N–H and O–H groups in total. The van der Waals surface area contributed by atoms with Crippen molar-refractivity contribution in [3.05, 3.63) is 47.4 Å². The summed E-state index contributed by atoms with van der Waals surface area (Å²) < 4.78 is 2.27. The number of nitrogens with zero attached hydrogens (tertiary/aromatic N) is 2. The van der Waals surface area contributed by atoms with Gasteiger partial charge in [0, 0.05) is 12.5 Å². The van der Waals surface area contributed by atoms with Gasteiger partial charge < -0.3 is 10.3 Å². The number of aryl methyl sites for hydroxylation is 1. The van der Waals surface area contributed by atoms with Crippen LogP contribution in [0, 0.1) is 0 Å². The van der Waals surface area contributed by atoms with Crippen LogP contribution < -0.4 is 5.73 Å². The Balaban J connectivity index is 1.84. The van der Waals surface area contributed by atoms with E-state index < -0.39 is 0 Å². The molecule has 1 aromatic carbocycles. The number of aromatic nitrogens is 2. The maximum atomic E-state index is 6.35. The first-order valence-corrected chi connectivity index (χ1v) is 7.61. The van der Waals surface area contributed by atoms with E-state index in [1.54, 1.807) is 0 Å². The minimum absolute atomic E-state index is 0.450. The molecule has 2 aromatic rings. The maximum absolute atomic E-state index is 6.35. The standard InChI is InChI=1S/C17H23N3/c1-3-16-19-15(17(18)20(16)14-9-10-14)11-12(2)13-7-5-4-6-8-13/h4-8,12,14H,3,9-11,18H2,1-2H3. The molecule has 3 heteroatoms. The number of imidazole rings is 1. The highest BCUT2D eigenvalue weighted by molar-refractivity contribution is 5.41. The molecule has 1 aliphatic carbocycles. The van der Waals surface area contributed by atoms with Crippen LogP contribution in [0.25, 0.3) is 0 Å². The summed E-state index contributed by atoms with van der Waals surface area (Å²) in [4.78, 5) is 4.79. The SMILES string of the molecule is CCc1nc(CC(C)c2ccccc2)c(N)n1C1CC1. The average Bonchev–Trinajstić information content (AvgIpc) is 3.26. The van der Waals surface area contributed by atoms with Gasteiger partial charge in [0.25, 0.3) is 0 Å². The van der Waals surface area contributed by atoms with Crippen LogP contribution in [0.1, 0.15) is 55.7 Å². The number of hydrogen-bond acceptors (Lipinski definition) is 2. The van der Waals surface area contributed by atoms with Gasteiger partial charge in [0.2, 0.25) is 0 Å². The van der Waals surface area contributed by atoms with Crippen molar-refractivity contribution in [3.8, 4) is 0 Å². The van der Waals surface area contributed by atoms with Crippen molar-refractivity contribution in [1.82, 2.24) is 9.55 Å². The van der Waals surface area contributed by atoms with E-state index in [9.17, 15) is 0 Å². The third-order valence-electron chi connectivity index (χ3n) is 4.19. The number of nitrogen functional groups attached to an aromatic ring is 1. The maximum Gasteiger partial charge on any atom is 0.127 e. The van der Waals surface area contributed by atoms with Crippen molar-refractivity contribution < 1.29 is 0 Å². The van der Waals surface area contributed by atoms with Gasteiger partial charge >= 0.3 is 0 Å². The zero-order valence-corrected chi connectivity index (χ0v) is 12.3. The van der Waals surface area contributed by atoms with Crippen LogP contribution in [0.4, 0.5) is 5.82 Å². The second kappa shape index (κ2) is 5.31. The zero-order chi connectivity index (χ0) is 14.1. The first-order valence-electron chi connectivity index (χ1n) is 7.61. The third kappa shape index (κ3) is 2.45. The van der Waals surface area contributed by atoms with Crippen molar-refractivity contribution in [1.29, 1.82) is 0 Å². The predicted molar refractivity (Wildman–Crippen MR) is 82.8 cm³/mol. The Hall–Kier alpha value is -1.77. The lowest BCUT2D eigenvalue weighted by Gasteiger charge is -2.11. The third-order valence-corrected chi connectivity index (χ3v) is 4.19. The summed E-state index contributed by atoms with van der Waals surface area (Å²) in [5, 5.41) is 0. The van der Waals surface area contributed by atoms with E-state index in [-0.39, 0.29) is 0 Å². The lowest BCUT2D eigenvalue weighted by atomic mass is 9.96. The molecule has 1 fully saturated rings. The summed E-state index contributed by atoms with van der Waals surface area (Å²) in [5.41, 5.74) is 8.77. The van der Waals surface area contributed by atoms with Gasteiger partial charge in [-0.05, 0) is 30.7 Å². The van der Waals surface area contributed by atoms with Crippen molar-refractivity contribution >= 4 is 5.82 Å². The minimum Gasteiger partial charge on any atom is -0.384 e. The van der Waals surface area contributed by atoms with Crippen LogP contribution in [-0.4, -0.2) is 9.55 Å². The summed E-state index contributed by atoms with van der Waals surface area (Å²) in [7, 11) is 0. The van der Waals surface area contributed by atoms with E-state index >= 15 is 0 Å². The number of hydrogen-bond donors (Lipinski definition) is 1. The summed E-state index contributed by atoms with van der Waals surface area (Å²) >= 11 is 0. The van der Waals surface area contributed by atoms with Gasteiger partial charge in [-0.3, -0.25) is 0 Å². The van der Waals surface area contributed by atoms with Gasteiger partial charge in [0.1, 0.15) is 11.6 Å². The fraction of sp³-hybridized carbons (Fsp3) is 0.471. The molecular weight excluding hydrogens is 246 g/mol. The van der Waals surface area contributed by atoms with E-state index in [4.69, 9.17) is 10.7 Å². The molecule has 0 spiro atoms. The Bertz CT molecular complexity index is 582. The smallest absolute Gasteiger partial charge is 0.127 e. The van der Waals surface area contributed by atoms with Gasteiger partial charge in [0.15, 0.2) is 0 Å². The topological polar surface area (TPSA) is 43.8 Å². The molecule has 1 atom stereocenters. The van der Waals surface area contributed by atoms with Crippen LogP contribution >= 0.6 is 0 Å².